The van der Waals surface area contributed by atoms with E-state index in [2.05, 4.69) is 27.5 Å². The molecular formula is C14H18N4O2S. The second-order valence-electron chi connectivity index (χ2n) is 3.91. The molecule has 0 bridgehead atoms. The van der Waals surface area contributed by atoms with Crippen LogP contribution < -0.4 is 10.6 Å². The van der Waals surface area contributed by atoms with E-state index in [4.69, 9.17) is 0 Å². The lowest BCUT2D eigenvalue weighted by atomic mass is 10.4. The number of nitrogens with one attached hydrogen (secondary N) is 2. The van der Waals surface area contributed by atoms with Gasteiger partial charge in [0, 0.05) is 24.2 Å². The number of nitrogens with zero attached hydrogens (tertiary/aromatic N) is 2. The number of nitro groups is 1. The van der Waals surface area contributed by atoms with E-state index in [1.165, 1.54) is 0 Å². The highest BCUT2D eigenvalue weighted by Gasteiger charge is 2.01. The Kier molecular flexibility index (Phi) is 8.48. The van der Waals surface area contributed by atoms with Crippen molar-refractivity contribution in [2.45, 2.75) is 12.7 Å². The highest BCUT2D eigenvalue weighted by molar-refractivity contribution is 7.98. The van der Waals surface area contributed by atoms with Gasteiger partial charge >= 0.3 is 0 Å². The van der Waals surface area contributed by atoms with E-state index < -0.39 is 4.92 Å². The van der Waals surface area contributed by atoms with Crippen LogP contribution in [0.2, 0.25) is 0 Å². The summed E-state index contributed by atoms with van der Waals surface area (Å²) in [6, 6.07) is 5.82. The van der Waals surface area contributed by atoms with Gasteiger partial charge in [0.15, 0.2) is 5.82 Å². The first-order valence-corrected chi connectivity index (χ1v) is 7.58. The maximum atomic E-state index is 10.5. The Morgan fingerprint density at radius 2 is 2.38 bits per heavy atom. The van der Waals surface area contributed by atoms with Crippen LogP contribution in [0, 0.1) is 22.0 Å². The van der Waals surface area contributed by atoms with Crippen LogP contribution in [0.5, 0.6) is 0 Å². The monoisotopic (exact) mass is 306 g/mol. The molecule has 0 atom stereocenters. The molecule has 1 aromatic heterocycles. The molecular weight excluding hydrogens is 288 g/mol. The first kappa shape index (κ1) is 16.9. The summed E-state index contributed by atoms with van der Waals surface area (Å²) in [4.78, 5) is 14.3. The van der Waals surface area contributed by atoms with Crippen molar-refractivity contribution in [3.05, 3.63) is 52.2 Å². The van der Waals surface area contributed by atoms with Gasteiger partial charge in [0.1, 0.15) is 0 Å². The van der Waals surface area contributed by atoms with E-state index in [1.807, 2.05) is 18.2 Å². The first-order chi connectivity index (χ1) is 10.2. The van der Waals surface area contributed by atoms with Crippen molar-refractivity contribution < 1.29 is 4.92 Å². The Morgan fingerprint density at radius 3 is 3.05 bits per heavy atom. The predicted molar refractivity (Wildman–Crippen MR) is 84.9 cm³/mol. The molecule has 112 valence electrons. The van der Waals surface area contributed by atoms with Crippen LogP contribution >= 0.6 is 11.8 Å². The Bertz CT molecular complexity index is 523. The van der Waals surface area contributed by atoms with Gasteiger partial charge in [-0.3, -0.25) is 15.1 Å². The van der Waals surface area contributed by atoms with E-state index in [0.29, 0.717) is 18.9 Å². The van der Waals surface area contributed by atoms with Crippen molar-refractivity contribution in [1.29, 1.82) is 0 Å². The maximum Gasteiger partial charge on any atom is 0.274 e. The summed E-state index contributed by atoms with van der Waals surface area (Å²) in [6.07, 6.45) is 2.69. The number of rotatable bonds is 9. The van der Waals surface area contributed by atoms with Crippen molar-refractivity contribution >= 4 is 11.8 Å². The molecule has 1 heterocycles. The summed E-state index contributed by atoms with van der Waals surface area (Å²) < 4.78 is 0. The molecule has 1 rings (SSSR count). The van der Waals surface area contributed by atoms with Gasteiger partial charge in [-0.25, -0.2) is 0 Å². The summed E-state index contributed by atoms with van der Waals surface area (Å²) in [7, 11) is 0. The number of hydrogen-bond acceptors (Lipinski definition) is 6. The predicted octanol–water partition coefficient (Wildman–Crippen LogP) is 1.59. The SMILES string of the molecule is CC#CCN/C(=C/[N+](=O)[O-])NCCSCc1ccccn1. The van der Waals surface area contributed by atoms with E-state index in [-0.39, 0.29) is 0 Å². The fourth-order valence-electron chi connectivity index (χ4n) is 1.41. The third-order valence-corrected chi connectivity index (χ3v) is 3.31. The summed E-state index contributed by atoms with van der Waals surface area (Å²) in [6.45, 7) is 2.73. The topological polar surface area (TPSA) is 80.1 Å². The molecule has 0 saturated heterocycles. The molecule has 0 aliphatic carbocycles. The number of hydrogen-bond donors (Lipinski definition) is 2. The van der Waals surface area contributed by atoms with Gasteiger partial charge in [-0.1, -0.05) is 12.0 Å². The lowest BCUT2D eigenvalue weighted by molar-refractivity contribution is -0.404. The molecule has 1 aromatic rings. The highest BCUT2D eigenvalue weighted by Crippen LogP contribution is 2.08. The van der Waals surface area contributed by atoms with Crippen molar-refractivity contribution in [2.24, 2.45) is 0 Å². The Labute approximate surface area is 128 Å². The summed E-state index contributed by atoms with van der Waals surface area (Å²) in [5, 5.41) is 16.4. The first-order valence-electron chi connectivity index (χ1n) is 6.42. The molecule has 0 spiro atoms. The molecule has 0 fully saturated rings. The van der Waals surface area contributed by atoms with Crippen LogP contribution in [0.1, 0.15) is 12.6 Å². The molecule has 21 heavy (non-hydrogen) atoms. The molecule has 0 amide bonds. The third-order valence-electron chi connectivity index (χ3n) is 2.32. The Balaban J connectivity index is 2.26. The number of thioether (sulfide) groups is 1. The van der Waals surface area contributed by atoms with Gasteiger partial charge < -0.3 is 10.6 Å². The van der Waals surface area contributed by atoms with Crippen LogP contribution in [0.15, 0.2) is 36.4 Å². The Morgan fingerprint density at radius 1 is 1.52 bits per heavy atom. The van der Waals surface area contributed by atoms with Crippen LogP contribution in [0.25, 0.3) is 0 Å². The summed E-state index contributed by atoms with van der Waals surface area (Å²) in [5.41, 5.74) is 1.03. The van der Waals surface area contributed by atoms with Crippen LogP contribution in [0.3, 0.4) is 0 Å². The zero-order chi connectivity index (χ0) is 15.3. The van der Waals surface area contributed by atoms with Gasteiger partial charge in [0.05, 0.1) is 17.2 Å². The van der Waals surface area contributed by atoms with Crippen LogP contribution in [-0.2, 0) is 5.75 Å². The van der Waals surface area contributed by atoms with E-state index in [0.717, 1.165) is 23.4 Å². The minimum Gasteiger partial charge on any atom is -0.366 e. The van der Waals surface area contributed by atoms with Crippen LogP contribution in [-0.4, -0.2) is 28.7 Å². The van der Waals surface area contributed by atoms with Crippen molar-refractivity contribution in [1.82, 2.24) is 15.6 Å². The fourth-order valence-corrected chi connectivity index (χ4v) is 2.18. The smallest absolute Gasteiger partial charge is 0.274 e. The van der Waals surface area contributed by atoms with E-state index in [9.17, 15) is 10.1 Å². The van der Waals surface area contributed by atoms with Crippen LogP contribution in [0.4, 0.5) is 0 Å². The van der Waals surface area contributed by atoms with Gasteiger partial charge in [0.25, 0.3) is 6.20 Å². The highest BCUT2D eigenvalue weighted by atomic mass is 32.2. The average Bonchev–Trinajstić information content (AvgIpc) is 2.47. The lowest BCUT2D eigenvalue weighted by Crippen LogP contribution is -2.29. The molecule has 7 heteroatoms. The summed E-state index contributed by atoms with van der Waals surface area (Å²) >= 11 is 1.72. The molecule has 0 aromatic carbocycles. The maximum absolute atomic E-state index is 10.5. The third kappa shape index (κ3) is 8.55. The van der Waals surface area contributed by atoms with Gasteiger partial charge in [0.2, 0.25) is 0 Å². The molecule has 0 aliphatic heterocycles. The number of aromatic nitrogens is 1. The normalized spacial score (nSPS) is 10.4. The van der Waals surface area contributed by atoms with E-state index >= 15 is 0 Å². The quantitative estimate of drug-likeness (QED) is 0.312. The average molecular weight is 306 g/mol. The minimum absolute atomic E-state index is 0.376. The molecule has 2 N–H and O–H groups in total. The standard InChI is InChI=1S/C14H18N4O2S/c1-2-3-7-16-14(11-18(19)20)17-9-10-21-12-13-6-4-5-8-15-13/h4-6,8,11,16-17H,7,9-10,12H2,1H3/b14-11-. The lowest BCUT2D eigenvalue weighted by Gasteiger charge is -2.09. The van der Waals surface area contributed by atoms with Gasteiger partial charge in [-0.15, -0.1) is 5.92 Å². The molecule has 6 nitrogen and oxygen atoms in total. The molecule has 0 radical (unpaired) electrons. The molecule has 0 saturated carbocycles. The van der Waals surface area contributed by atoms with Gasteiger partial charge in [-0.2, -0.15) is 11.8 Å². The number of pyridine rings is 1. The fraction of sp³-hybridized carbons (Fsp3) is 0.357. The van der Waals surface area contributed by atoms with Crippen molar-refractivity contribution in [3.8, 4) is 11.8 Å². The zero-order valence-corrected chi connectivity index (χ0v) is 12.7. The second kappa shape index (κ2) is 10.6. The zero-order valence-electron chi connectivity index (χ0n) is 11.8. The summed E-state index contributed by atoms with van der Waals surface area (Å²) in [5.74, 6) is 7.55. The Hall–Kier alpha value is -2.20. The second-order valence-corrected chi connectivity index (χ2v) is 5.01. The molecule has 0 unspecified atom stereocenters. The van der Waals surface area contributed by atoms with Crippen molar-refractivity contribution in [3.63, 3.8) is 0 Å². The molecule has 0 aliphatic rings. The minimum atomic E-state index is -0.490. The van der Waals surface area contributed by atoms with E-state index in [1.54, 1.807) is 24.9 Å². The largest absolute Gasteiger partial charge is 0.366 e. The van der Waals surface area contributed by atoms with Crippen molar-refractivity contribution in [2.75, 3.05) is 18.8 Å². The van der Waals surface area contributed by atoms with Gasteiger partial charge in [-0.05, 0) is 19.1 Å².